The smallest absolute Gasteiger partial charge is 0.217 e. The van der Waals surface area contributed by atoms with Gasteiger partial charge in [-0.05, 0) is 6.92 Å². The predicted molar refractivity (Wildman–Crippen MR) is 314 cm³/mol. The molecular weight excluding hydrogens is 1380 g/mol. The molecule has 44 heteroatoms. The van der Waals surface area contributed by atoms with E-state index in [1.165, 1.54) is 6.92 Å². The molecule has 101 heavy (non-hydrogen) atoms. The zero-order valence-electron chi connectivity index (χ0n) is 55.2. The molecule has 0 saturated carbocycles. The second-order valence-corrected chi connectivity index (χ2v) is 25.6. The van der Waals surface area contributed by atoms with Gasteiger partial charge in [0, 0.05) is 34.8 Å². The Morgan fingerprint density at radius 2 is 0.614 bits per heavy atom. The molecule has 0 aliphatic carbocycles. The SMILES string of the molecule is CO[C@@H]1O[C@H](CO[C@@H]2O[C@@H](C)[C@@H](O)[C@@H](O)[C@@H]2O)[C@@H](O[C@@H]2O[C@H](CO)[C@@H](O[C@@H]3O[C@H](CO[C@H]4O[C@H](CO)[C@@H](O)[C@H](O)[C@@H]4O[C@@H]4O[C@H](CO)[C@@H](O)[C@H](O)[C@H]4NC(C)=O)[C@@H](O)[C@H](O[C@H]4O[C@H](CO)[C@@H](O)[C@H](O)[C@@H]4O[C@@H]4O[C@H](CO)[C@@H](O)[C@H](O)[C@H]4NC(C)=O)[C@@H]3O)[C@H](O)[C@H]2NC(C)=O)[C@H](O)[C@H]1NC(C)=O. The standard InChI is InChI=1S/C57H96N4O40/c1-14-30(71)40(81)43(84)54(89-14)87-13-25-46(38(79)28(60-17(4)69)50(86-6)96-25)97-53-29(61-18(5)70)39(80)45(23(11-66)94-53)98-55-44(85)47(99-57-49(42(83)34(75)22(10-65)93-57)101-52-27(59-16(3)68)37(78)32(73)20(8-63)91-52)35(76)24(95-55)12-88-56-48(41(82)33(74)21(9-64)92-56)100-51-26(58-15(2)67)36(77)31(72)19(7-62)90-51/h14,19-57,62-66,71-85H,7-13H2,1-6H3,(H,58,67)(H,59,68)(H,60,69)(H,61,70)/t14-,19+,20+,21+,22+,23+,24+,25+,26+,27+,28+,29+,30+,31+,32+,33+,34+,35+,36+,37+,38+,39+,40+,41-,42-,43-,44-,45+,46+,47-,48-,49-,50+,51-,52-,53-,54+,55-,56-,57+/m0/s1. The minimum Gasteiger partial charge on any atom is -0.394 e. The van der Waals surface area contributed by atoms with E-state index >= 15 is 0 Å². The largest absolute Gasteiger partial charge is 0.394 e. The molecule has 8 fully saturated rings. The van der Waals surface area contributed by atoms with Gasteiger partial charge in [0.25, 0.3) is 0 Å². The van der Waals surface area contributed by atoms with Crippen molar-refractivity contribution in [3.05, 3.63) is 0 Å². The highest BCUT2D eigenvalue weighted by Gasteiger charge is 2.60. The average Bonchev–Trinajstić information content (AvgIpc) is 0.772. The molecule has 0 unspecified atom stereocenters. The highest BCUT2D eigenvalue weighted by atomic mass is 16.8. The number of amides is 4. The molecular formula is C57H96N4O40. The molecule has 8 aliphatic rings. The van der Waals surface area contributed by atoms with Crippen LogP contribution in [0.5, 0.6) is 0 Å². The highest BCUT2D eigenvalue weighted by Crippen LogP contribution is 2.39. The summed E-state index contributed by atoms with van der Waals surface area (Å²) in [5.41, 5.74) is 0. The van der Waals surface area contributed by atoms with E-state index in [2.05, 4.69) is 21.3 Å². The van der Waals surface area contributed by atoms with Gasteiger partial charge >= 0.3 is 0 Å². The Morgan fingerprint density at radius 1 is 0.287 bits per heavy atom. The van der Waals surface area contributed by atoms with E-state index in [0.717, 1.165) is 34.8 Å². The van der Waals surface area contributed by atoms with Crippen molar-refractivity contribution in [2.45, 2.75) is 280 Å². The molecule has 44 nitrogen and oxygen atoms in total. The number of hydrogen-bond donors (Lipinski definition) is 24. The molecule has 0 aromatic heterocycles. The van der Waals surface area contributed by atoms with Gasteiger partial charge < -0.3 is 199 Å². The number of carbonyl (C=O) groups excluding carboxylic acids is 4. The molecule has 584 valence electrons. The zero-order chi connectivity index (χ0) is 74.5. The summed E-state index contributed by atoms with van der Waals surface area (Å²) in [6.07, 6.45) is -70.3. The third-order valence-corrected chi connectivity index (χ3v) is 18.4. The lowest BCUT2D eigenvalue weighted by atomic mass is 9.93. The minimum absolute atomic E-state index is 0.718. The van der Waals surface area contributed by atoms with E-state index in [0.29, 0.717) is 0 Å². The van der Waals surface area contributed by atoms with E-state index in [-0.39, 0.29) is 0 Å². The van der Waals surface area contributed by atoms with E-state index in [9.17, 15) is 121 Å². The summed E-state index contributed by atoms with van der Waals surface area (Å²) >= 11 is 0. The maximum Gasteiger partial charge on any atom is 0.217 e. The van der Waals surface area contributed by atoms with Crippen LogP contribution in [-0.2, 0) is 95.0 Å². The van der Waals surface area contributed by atoms with Gasteiger partial charge in [-0.2, -0.15) is 0 Å². The number of aliphatic hydroxyl groups is 20. The van der Waals surface area contributed by atoms with Crippen LogP contribution in [0.3, 0.4) is 0 Å². The van der Waals surface area contributed by atoms with Crippen LogP contribution >= 0.6 is 0 Å². The lowest BCUT2D eigenvalue weighted by Crippen LogP contribution is -2.71. The molecule has 8 rings (SSSR count). The van der Waals surface area contributed by atoms with Gasteiger partial charge in [0.1, 0.15) is 189 Å². The normalized spacial score (nSPS) is 48.3. The Kier molecular flexibility index (Phi) is 29.9. The topological polar surface area (TPSA) is 669 Å². The van der Waals surface area contributed by atoms with Crippen molar-refractivity contribution >= 4 is 23.6 Å². The molecule has 4 amide bonds. The number of methoxy groups -OCH3 is 1. The Morgan fingerprint density at radius 3 is 1.06 bits per heavy atom. The maximum atomic E-state index is 13.1. The summed E-state index contributed by atoms with van der Waals surface area (Å²) in [5.74, 6) is -3.30. The number of rotatable bonds is 26. The maximum absolute atomic E-state index is 13.1. The fourth-order valence-electron chi connectivity index (χ4n) is 13.0. The zero-order valence-corrected chi connectivity index (χ0v) is 55.2. The molecule has 0 aromatic rings. The Hall–Kier alpha value is -3.56. The fourth-order valence-corrected chi connectivity index (χ4v) is 13.0. The van der Waals surface area contributed by atoms with E-state index in [4.69, 9.17) is 75.8 Å². The quantitative estimate of drug-likeness (QED) is 0.0382. The summed E-state index contributed by atoms with van der Waals surface area (Å²) in [4.78, 5) is 50.5. The second kappa shape index (κ2) is 36.4. The van der Waals surface area contributed by atoms with Gasteiger partial charge in [0.15, 0.2) is 50.3 Å². The van der Waals surface area contributed by atoms with Crippen molar-refractivity contribution in [3.8, 4) is 0 Å². The van der Waals surface area contributed by atoms with Gasteiger partial charge in [0.2, 0.25) is 23.6 Å². The third-order valence-electron chi connectivity index (χ3n) is 18.4. The molecule has 0 bridgehead atoms. The number of aliphatic hydroxyl groups excluding tert-OH is 20. The van der Waals surface area contributed by atoms with Crippen LogP contribution in [-0.4, -0.2) is 425 Å². The molecule has 8 aliphatic heterocycles. The molecule has 8 saturated heterocycles. The average molecular weight is 1480 g/mol. The van der Waals surface area contributed by atoms with Crippen LogP contribution in [0.1, 0.15) is 34.6 Å². The first-order chi connectivity index (χ1) is 47.7. The lowest BCUT2D eigenvalue weighted by molar-refractivity contribution is -0.396. The van der Waals surface area contributed by atoms with Crippen molar-refractivity contribution in [2.75, 3.05) is 53.4 Å². The Labute approximate surface area is 574 Å². The molecule has 0 radical (unpaired) electrons. The van der Waals surface area contributed by atoms with Gasteiger partial charge in [0.05, 0.1) is 52.4 Å². The summed E-state index contributed by atoms with van der Waals surface area (Å²) < 4.78 is 95.1. The molecule has 0 aromatic carbocycles. The predicted octanol–water partition coefficient (Wildman–Crippen LogP) is -16.2. The van der Waals surface area contributed by atoms with Crippen molar-refractivity contribution in [2.24, 2.45) is 0 Å². The van der Waals surface area contributed by atoms with E-state index in [1.807, 2.05) is 0 Å². The number of nitrogens with one attached hydrogen (secondary N) is 4. The molecule has 24 N–H and O–H groups in total. The van der Waals surface area contributed by atoms with Gasteiger partial charge in [-0.1, -0.05) is 0 Å². The van der Waals surface area contributed by atoms with Crippen LogP contribution < -0.4 is 21.3 Å². The van der Waals surface area contributed by atoms with E-state index in [1.54, 1.807) is 0 Å². The third kappa shape index (κ3) is 18.7. The number of carbonyl (C=O) groups is 4. The van der Waals surface area contributed by atoms with Crippen LogP contribution in [0.25, 0.3) is 0 Å². The van der Waals surface area contributed by atoms with Crippen molar-refractivity contribution in [1.29, 1.82) is 0 Å². The highest BCUT2D eigenvalue weighted by molar-refractivity contribution is 5.74. The number of ether oxygens (including phenoxy) is 16. The summed E-state index contributed by atoms with van der Waals surface area (Å²) in [6.45, 7) is -1.66. The van der Waals surface area contributed by atoms with E-state index < -0.39 is 315 Å². The molecule has 8 heterocycles. The summed E-state index contributed by atoms with van der Waals surface area (Å²) in [7, 11) is 1.15. The monoisotopic (exact) mass is 1480 g/mol. The molecule has 0 spiro atoms. The van der Waals surface area contributed by atoms with Gasteiger partial charge in [-0.25, -0.2) is 0 Å². The van der Waals surface area contributed by atoms with Gasteiger partial charge in [-0.15, -0.1) is 0 Å². The van der Waals surface area contributed by atoms with Crippen LogP contribution in [0.4, 0.5) is 0 Å². The second-order valence-electron chi connectivity index (χ2n) is 25.6. The molecule has 40 atom stereocenters. The minimum atomic E-state index is -2.49. The van der Waals surface area contributed by atoms with Crippen LogP contribution in [0.2, 0.25) is 0 Å². The first-order valence-corrected chi connectivity index (χ1v) is 32.3. The fraction of sp³-hybridized carbons (Fsp3) is 0.930. The lowest BCUT2D eigenvalue weighted by Gasteiger charge is -2.51. The Balaban J connectivity index is 1.14. The summed E-state index contributed by atoms with van der Waals surface area (Å²) in [6, 6.07) is -6.83. The number of hydrogen-bond acceptors (Lipinski definition) is 40. The first kappa shape index (κ1) is 83.1. The van der Waals surface area contributed by atoms with Crippen LogP contribution in [0.15, 0.2) is 0 Å². The van der Waals surface area contributed by atoms with Gasteiger partial charge in [-0.3, -0.25) is 19.2 Å². The van der Waals surface area contributed by atoms with Crippen molar-refractivity contribution in [3.63, 3.8) is 0 Å². The summed E-state index contributed by atoms with van der Waals surface area (Å²) in [5, 5.41) is 232. The van der Waals surface area contributed by atoms with Crippen LogP contribution in [0, 0.1) is 0 Å². The first-order valence-electron chi connectivity index (χ1n) is 32.3. The van der Waals surface area contributed by atoms with Crippen molar-refractivity contribution < 1.29 is 197 Å². The Bertz CT molecular complexity index is 2640. The van der Waals surface area contributed by atoms with Crippen molar-refractivity contribution in [1.82, 2.24) is 21.3 Å².